The van der Waals surface area contributed by atoms with Crippen LogP contribution < -0.4 is 8.92 Å². The van der Waals surface area contributed by atoms with Crippen LogP contribution in [0.5, 0.6) is 11.6 Å². The van der Waals surface area contributed by atoms with Crippen molar-refractivity contribution >= 4 is 38.5 Å². The number of halogens is 5. The molecule has 0 fully saturated rings. The molecule has 2 heterocycles. The van der Waals surface area contributed by atoms with E-state index in [0.717, 1.165) is 0 Å². The van der Waals surface area contributed by atoms with E-state index in [1.54, 1.807) is 0 Å². The van der Waals surface area contributed by atoms with Gasteiger partial charge in [0.15, 0.2) is 5.82 Å². The second-order valence-electron chi connectivity index (χ2n) is 6.14. The highest BCUT2D eigenvalue weighted by Gasteiger charge is 2.49. The first-order valence-electron chi connectivity index (χ1n) is 8.06. The van der Waals surface area contributed by atoms with Crippen molar-refractivity contribution in [3.63, 3.8) is 0 Å². The average molecular weight is 473 g/mol. The van der Waals surface area contributed by atoms with Gasteiger partial charge in [0.05, 0.1) is 13.7 Å². The van der Waals surface area contributed by atoms with Crippen molar-refractivity contribution in [2.75, 3.05) is 20.8 Å². The van der Waals surface area contributed by atoms with Crippen molar-refractivity contribution in [1.29, 1.82) is 0 Å². The normalized spacial score (nSPS) is 14.2. The summed E-state index contributed by atoms with van der Waals surface area (Å²) >= 11 is 5.84. The third-order valence-corrected chi connectivity index (χ3v) is 5.62. The Morgan fingerprint density at radius 2 is 1.90 bits per heavy atom. The van der Waals surface area contributed by atoms with Crippen LogP contribution in [0.2, 0.25) is 5.02 Å². The van der Waals surface area contributed by atoms with E-state index >= 15 is 0 Å². The van der Waals surface area contributed by atoms with E-state index in [9.17, 15) is 30.8 Å². The first kappa shape index (κ1) is 22.3. The lowest BCUT2D eigenvalue weighted by Gasteiger charge is -2.14. The fourth-order valence-electron chi connectivity index (χ4n) is 2.93. The topological polar surface area (TPSA) is 95.0 Å². The van der Waals surface area contributed by atoms with Gasteiger partial charge in [-0.3, -0.25) is 4.79 Å². The Hall–Kier alpha value is -2.38. The third-order valence-electron chi connectivity index (χ3n) is 4.32. The van der Waals surface area contributed by atoms with Crippen LogP contribution >= 0.6 is 11.6 Å². The van der Waals surface area contributed by atoms with Crippen molar-refractivity contribution in [2.45, 2.75) is 18.6 Å². The highest BCUT2D eigenvalue weighted by Crippen LogP contribution is 2.41. The summed E-state index contributed by atoms with van der Waals surface area (Å²) in [4.78, 5) is 17.0. The summed E-state index contributed by atoms with van der Waals surface area (Å²) in [5.41, 5.74) is -6.25. The van der Waals surface area contributed by atoms with E-state index in [2.05, 4.69) is 9.17 Å². The number of hydrogen-bond donors (Lipinski definition) is 0. The predicted molar refractivity (Wildman–Crippen MR) is 95.0 cm³/mol. The molecule has 1 aliphatic heterocycles. The fraction of sp³-hybridized carbons (Fsp3) is 0.375. The number of benzene rings is 1. The van der Waals surface area contributed by atoms with Crippen LogP contribution in [0, 0.1) is 5.82 Å². The van der Waals surface area contributed by atoms with Gasteiger partial charge in [0, 0.05) is 24.6 Å². The molecule has 2 aromatic rings. The van der Waals surface area contributed by atoms with E-state index in [-0.39, 0.29) is 42.0 Å². The molecular formula is C16H13ClF4N2O6S. The number of alkyl halides is 3. The van der Waals surface area contributed by atoms with Gasteiger partial charge in [-0.25, -0.2) is 9.37 Å². The van der Waals surface area contributed by atoms with Crippen molar-refractivity contribution in [3.8, 4) is 11.6 Å². The number of pyridine rings is 1. The number of methoxy groups -OCH3 is 2. The van der Waals surface area contributed by atoms with Crippen LogP contribution in [-0.2, 0) is 32.7 Å². The SMILES string of the molecule is COCC(=O)N1Cc2c(OS(=O)(=O)C(F)(F)F)nc3c(F)c(Cl)c(OC)cc3c2C1. The maximum Gasteiger partial charge on any atom is 0.534 e. The van der Waals surface area contributed by atoms with Gasteiger partial charge >= 0.3 is 15.6 Å². The number of ether oxygens (including phenoxy) is 2. The Labute approximate surface area is 172 Å². The Morgan fingerprint density at radius 1 is 1.27 bits per heavy atom. The van der Waals surface area contributed by atoms with Crippen molar-refractivity contribution in [2.24, 2.45) is 0 Å². The molecule has 0 aliphatic carbocycles. The molecule has 0 spiro atoms. The van der Waals surface area contributed by atoms with Crippen LogP contribution in [0.25, 0.3) is 10.9 Å². The van der Waals surface area contributed by atoms with E-state index in [1.165, 1.54) is 25.2 Å². The quantitative estimate of drug-likeness (QED) is 0.375. The lowest BCUT2D eigenvalue weighted by molar-refractivity contribution is -0.135. The van der Waals surface area contributed by atoms with Crippen LogP contribution in [-0.4, -0.2) is 50.5 Å². The maximum atomic E-state index is 14.7. The number of nitrogens with zero attached hydrogens (tertiary/aromatic N) is 2. The standard InChI is InChI=1S/C16H13ClF4N2O6S/c1-27-6-11(24)23-4-8-7-3-10(28-2)12(17)13(18)14(7)22-15(9(8)5-23)29-30(25,26)16(19,20)21/h3H,4-6H2,1-2H3. The Balaban J connectivity index is 2.25. The van der Waals surface area contributed by atoms with E-state index < -0.39 is 43.8 Å². The van der Waals surface area contributed by atoms with Crippen LogP contribution in [0.1, 0.15) is 11.1 Å². The molecule has 3 rings (SSSR count). The number of carbonyl (C=O) groups excluding carboxylic acids is 1. The number of amides is 1. The number of rotatable bonds is 5. The van der Waals surface area contributed by atoms with Crippen LogP contribution in [0.3, 0.4) is 0 Å². The second-order valence-corrected chi connectivity index (χ2v) is 8.06. The van der Waals surface area contributed by atoms with Crippen LogP contribution in [0.15, 0.2) is 6.07 Å². The Kier molecular flexibility index (Phi) is 5.73. The highest BCUT2D eigenvalue weighted by molar-refractivity contribution is 7.87. The molecule has 1 amide bonds. The van der Waals surface area contributed by atoms with Gasteiger partial charge in [0.1, 0.15) is 22.9 Å². The molecule has 164 valence electrons. The predicted octanol–water partition coefficient (Wildman–Crippen LogP) is 2.75. The zero-order chi connectivity index (χ0) is 22.4. The maximum absolute atomic E-state index is 14.7. The molecule has 30 heavy (non-hydrogen) atoms. The van der Waals surface area contributed by atoms with E-state index in [4.69, 9.17) is 21.1 Å². The van der Waals surface area contributed by atoms with Crippen molar-refractivity contribution < 1.29 is 44.4 Å². The largest absolute Gasteiger partial charge is 0.534 e. The molecule has 0 radical (unpaired) electrons. The molecule has 0 saturated heterocycles. The first-order chi connectivity index (χ1) is 13.9. The molecule has 1 aromatic heterocycles. The molecule has 1 aliphatic rings. The lowest BCUT2D eigenvalue weighted by Crippen LogP contribution is -2.29. The van der Waals surface area contributed by atoms with Crippen LogP contribution in [0.4, 0.5) is 17.6 Å². The minimum absolute atomic E-state index is 0.0771. The summed E-state index contributed by atoms with van der Waals surface area (Å²) in [6.07, 6.45) is 0. The molecular weight excluding hydrogens is 460 g/mol. The Morgan fingerprint density at radius 3 is 2.47 bits per heavy atom. The molecule has 8 nitrogen and oxygen atoms in total. The van der Waals surface area contributed by atoms with Gasteiger partial charge in [-0.1, -0.05) is 11.6 Å². The Bertz CT molecular complexity index is 1140. The summed E-state index contributed by atoms with van der Waals surface area (Å²) in [5, 5.41) is -0.430. The van der Waals surface area contributed by atoms with E-state index in [1.807, 2.05) is 0 Å². The number of carbonyl (C=O) groups is 1. The van der Waals surface area contributed by atoms with Gasteiger partial charge in [-0.2, -0.15) is 21.6 Å². The summed E-state index contributed by atoms with van der Waals surface area (Å²) in [5.74, 6) is -2.76. The molecule has 0 unspecified atom stereocenters. The summed E-state index contributed by atoms with van der Waals surface area (Å²) < 4.78 is 90.0. The highest BCUT2D eigenvalue weighted by atomic mass is 35.5. The molecule has 0 atom stereocenters. The second kappa shape index (κ2) is 7.71. The number of hydrogen-bond acceptors (Lipinski definition) is 7. The van der Waals surface area contributed by atoms with E-state index in [0.29, 0.717) is 0 Å². The molecule has 0 saturated carbocycles. The zero-order valence-corrected chi connectivity index (χ0v) is 16.9. The van der Waals surface area contributed by atoms with Gasteiger partial charge in [-0.15, -0.1) is 0 Å². The molecule has 14 heteroatoms. The average Bonchev–Trinajstić information content (AvgIpc) is 3.10. The summed E-state index contributed by atoms with van der Waals surface area (Å²) in [6, 6.07) is 1.29. The minimum atomic E-state index is -6.10. The summed E-state index contributed by atoms with van der Waals surface area (Å²) in [6.45, 7) is -0.834. The smallest absolute Gasteiger partial charge is 0.495 e. The van der Waals surface area contributed by atoms with Crippen molar-refractivity contribution in [1.82, 2.24) is 9.88 Å². The third kappa shape index (κ3) is 3.72. The van der Waals surface area contributed by atoms with Gasteiger partial charge in [0.25, 0.3) is 0 Å². The number of aromatic nitrogens is 1. The first-order valence-corrected chi connectivity index (χ1v) is 9.84. The number of fused-ring (bicyclic) bond motifs is 3. The van der Waals surface area contributed by atoms with Gasteiger partial charge < -0.3 is 18.6 Å². The van der Waals surface area contributed by atoms with Crippen molar-refractivity contribution in [3.05, 3.63) is 28.0 Å². The fourth-order valence-corrected chi connectivity index (χ4v) is 3.60. The molecule has 0 bridgehead atoms. The molecule has 1 aromatic carbocycles. The minimum Gasteiger partial charge on any atom is -0.495 e. The van der Waals surface area contributed by atoms with Gasteiger partial charge in [-0.05, 0) is 11.6 Å². The molecule has 0 N–H and O–H groups in total. The summed E-state index contributed by atoms with van der Waals surface area (Å²) in [7, 11) is -3.60. The lowest BCUT2D eigenvalue weighted by atomic mass is 10.0. The monoisotopic (exact) mass is 472 g/mol. The van der Waals surface area contributed by atoms with Gasteiger partial charge in [0.2, 0.25) is 11.8 Å². The zero-order valence-electron chi connectivity index (χ0n) is 15.3.